The van der Waals surface area contributed by atoms with Crippen molar-refractivity contribution in [3.05, 3.63) is 53.1 Å². The number of ether oxygens (including phenoxy) is 1. The first-order valence-corrected chi connectivity index (χ1v) is 11.6. The number of carbonyl (C=O) groups is 2. The van der Waals surface area contributed by atoms with E-state index in [4.69, 9.17) is 16.3 Å². The van der Waals surface area contributed by atoms with Crippen molar-refractivity contribution in [2.75, 3.05) is 38.1 Å². The highest BCUT2D eigenvalue weighted by Gasteiger charge is 2.29. The van der Waals surface area contributed by atoms with Crippen molar-refractivity contribution in [1.82, 2.24) is 9.21 Å². The van der Waals surface area contributed by atoms with Gasteiger partial charge in [-0.1, -0.05) is 17.7 Å². The third-order valence-electron chi connectivity index (χ3n) is 4.94. The Morgan fingerprint density at radius 3 is 2.29 bits per heavy atom. The normalized spacial score (nSPS) is 14.9. The Bertz CT molecular complexity index is 1060. The van der Waals surface area contributed by atoms with Gasteiger partial charge in [0.1, 0.15) is 0 Å². The van der Waals surface area contributed by atoms with Crippen LogP contribution >= 0.6 is 11.6 Å². The second-order valence-electron chi connectivity index (χ2n) is 6.94. The van der Waals surface area contributed by atoms with Crippen LogP contribution in [-0.2, 0) is 14.8 Å². The van der Waals surface area contributed by atoms with Crippen LogP contribution in [0.3, 0.4) is 0 Å². The molecule has 3 rings (SSSR count). The summed E-state index contributed by atoms with van der Waals surface area (Å²) in [5.41, 5.74) is 0.724. The van der Waals surface area contributed by atoms with Gasteiger partial charge in [0.2, 0.25) is 15.9 Å². The van der Waals surface area contributed by atoms with Crippen LogP contribution in [0, 0.1) is 0 Å². The lowest BCUT2D eigenvalue weighted by Crippen LogP contribution is -2.49. The molecule has 0 aromatic heterocycles. The smallest absolute Gasteiger partial charge is 0.255 e. The van der Waals surface area contributed by atoms with Crippen LogP contribution in [0.2, 0.25) is 5.02 Å². The molecule has 1 heterocycles. The second kappa shape index (κ2) is 9.67. The molecule has 0 aliphatic carbocycles. The summed E-state index contributed by atoms with van der Waals surface area (Å²) in [4.78, 5) is 25.8. The average molecular weight is 466 g/mol. The van der Waals surface area contributed by atoms with E-state index in [-0.39, 0.29) is 23.9 Å². The predicted molar refractivity (Wildman–Crippen MR) is 118 cm³/mol. The molecule has 2 aromatic rings. The third kappa shape index (κ3) is 5.17. The van der Waals surface area contributed by atoms with E-state index in [9.17, 15) is 18.0 Å². The highest BCUT2D eigenvalue weighted by atomic mass is 35.5. The lowest BCUT2D eigenvalue weighted by molar-refractivity contribution is -0.129. The van der Waals surface area contributed by atoms with Crippen molar-refractivity contribution in [2.24, 2.45) is 0 Å². The molecule has 0 atom stereocenters. The Labute approximate surface area is 186 Å². The first-order valence-electron chi connectivity index (χ1n) is 9.82. The summed E-state index contributed by atoms with van der Waals surface area (Å²) in [6, 6.07) is 10.8. The summed E-state index contributed by atoms with van der Waals surface area (Å²) in [6.07, 6.45) is 0. The lowest BCUT2D eigenvalue weighted by atomic mass is 10.2. The molecule has 2 aromatic carbocycles. The van der Waals surface area contributed by atoms with Gasteiger partial charge in [-0.3, -0.25) is 9.59 Å². The van der Waals surface area contributed by atoms with Gasteiger partial charge in [-0.2, -0.15) is 4.31 Å². The monoisotopic (exact) mass is 465 g/mol. The minimum absolute atomic E-state index is 0.0698. The van der Waals surface area contributed by atoms with Gasteiger partial charge in [0, 0.05) is 38.7 Å². The van der Waals surface area contributed by atoms with Crippen molar-refractivity contribution in [3.63, 3.8) is 0 Å². The first-order chi connectivity index (χ1) is 14.7. The Kier molecular flexibility index (Phi) is 7.19. The fourth-order valence-electron chi connectivity index (χ4n) is 3.26. The standard InChI is InChI=1S/C21H24ClN3O5S/c1-3-30-20-18(22)5-4-6-19(20)23-21(27)16-7-9-17(10-8-16)31(28,29)25-13-11-24(12-14-25)15(2)26/h4-10H,3,11-14H2,1-2H3,(H,23,27). The number of halogens is 1. The molecule has 0 radical (unpaired) electrons. The van der Waals surface area contributed by atoms with Gasteiger partial charge in [-0.25, -0.2) is 8.42 Å². The molecule has 0 bridgehead atoms. The van der Waals surface area contributed by atoms with E-state index in [2.05, 4.69) is 5.32 Å². The van der Waals surface area contributed by atoms with Crippen LogP contribution in [0.25, 0.3) is 0 Å². The fourth-order valence-corrected chi connectivity index (χ4v) is 4.91. The van der Waals surface area contributed by atoms with E-state index in [0.717, 1.165) is 0 Å². The molecule has 1 saturated heterocycles. The van der Waals surface area contributed by atoms with E-state index in [0.29, 0.717) is 41.7 Å². The number of nitrogens with one attached hydrogen (secondary N) is 1. The van der Waals surface area contributed by atoms with Gasteiger partial charge in [0.15, 0.2) is 5.75 Å². The summed E-state index contributed by atoms with van der Waals surface area (Å²) in [6.45, 7) is 4.86. The summed E-state index contributed by atoms with van der Waals surface area (Å²) in [5.74, 6) is -0.106. The van der Waals surface area contributed by atoms with E-state index in [1.165, 1.54) is 35.5 Å². The Hall–Kier alpha value is -2.62. The third-order valence-corrected chi connectivity index (χ3v) is 7.15. The number of nitrogens with zero attached hydrogens (tertiary/aromatic N) is 2. The number of benzene rings is 2. The van der Waals surface area contributed by atoms with Gasteiger partial charge >= 0.3 is 0 Å². The second-order valence-corrected chi connectivity index (χ2v) is 9.28. The van der Waals surface area contributed by atoms with E-state index >= 15 is 0 Å². The lowest BCUT2D eigenvalue weighted by Gasteiger charge is -2.33. The van der Waals surface area contributed by atoms with Gasteiger partial charge < -0.3 is 15.0 Å². The van der Waals surface area contributed by atoms with Crippen LogP contribution < -0.4 is 10.1 Å². The Balaban J connectivity index is 1.72. The van der Waals surface area contributed by atoms with Crippen LogP contribution in [0.4, 0.5) is 5.69 Å². The molecule has 8 nitrogen and oxygen atoms in total. The van der Waals surface area contributed by atoms with Crippen LogP contribution in [0.1, 0.15) is 24.2 Å². The van der Waals surface area contributed by atoms with Crippen molar-refractivity contribution >= 4 is 39.1 Å². The maximum absolute atomic E-state index is 12.9. The van der Waals surface area contributed by atoms with Crippen molar-refractivity contribution in [2.45, 2.75) is 18.7 Å². The number of hydrogen-bond acceptors (Lipinski definition) is 5. The van der Waals surface area contributed by atoms with E-state index in [1.54, 1.807) is 23.1 Å². The molecular formula is C21H24ClN3O5S. The van der Waals surface area contributed by atoms with Crippen LogP contribution in [-0.4, -0.2) is 62.2 Å². The number of carbonyl (C=O) groups excluding carboxylic acids is 2. The molecule has 31 heavy (non-hydrogen) atoms. The summed E-state index contributed by atoms with van der Waals surface area (Å²) < 4.78 is 32.6. The van der Waals surface area contributed by atoms with Crippen molar-refractivity contribution in [1.29, 1.82) is 0 Å². The average Bonchev–Trinajstić information content (AvgIpc) is 2.76. The zero-order chi connectivity index (χ0) is 22.6. The molecule has 0 saturated carbocycles. The fraction of sp³-hybridized carbons (Fsp3) is 0.333. The summed E-state index contributed by atoms with van der Waals surface area (Å²) in [5, 5.41) is 3.12. The zero-order valence-corrected chi connectivity index (χ0v) is 18.9. The molecule has 166 valence electrons. The molecule has 1 aliphatic rings. The highest BCUT2D eigenvalue weighted by molar-refractivity contribution is 7.89. The molecule has 1 fully saturated rings. The highest BCUT2D eigenvalue weighted by Crippen LogP contribution is 2.33. The number of hydrogen-bond donors (Lipinski definition) is 1. The molecule has 0 spiro atoms. The number of anilines is 1. The van der Waals surface area contributed by atoms with E-state index in [1.807, 2.05) is 6.92 Å². The predicted octanol–water partition coefficient (Wildman–Crippen LogP) is 2.84. The van der Waals surface area contributed by atoms with Gasteiger partial charge in [0.05, 0.1) is 22.2 Å². The van der Waals surface area contributed by atoms with Crippen LogP contribution in [0.5, 0.6) is 5.75 Å². The quantitative estimate of drug-likeness (QED) is 0.707. The van der Waals surface area contributed by atoms with E-state index < -0.39 is 15.9 Å². The summed E-state index contributed by atoms with van der Waals surface area (Å²) >= 11 is 6.14. The SMILES string of the molecule is CCOc1c(Cl)cccc1NC(=O)c1ccc(S(=O)(=O)N2CCN(C(C)=O)CC2)cc1. The number of amides is 2. The largest absolute Gasteiger partial charge is 0.490 e. The van der Waals surface area contributed by atoms with Gasteiger partial charge in [-0.15, -0.1) is 0 Å². The number of rotatable bonds is 6. The van der Waals surface area contributed by atoms with Crippen LogP contribution in [0.15, 0.2) is 47.4 Å². The molecule has 10 heteroatoms. The minimum atomic E-state index is -3.71. The van der Waals surface area contributed by atoms with Crippen molar-refractivity contribution in [3.8, 4) is 5.75 Å². The minimum Gasteiger partial charge on any atom is -0.490 e. The number of sulfonamides is 1. The molecule has 1 N–H and O–H groups in total. The molecule has 1 aliphatic heterocycles. The number of para-hydroxylation sites is 1. The maximum Gasteiger partial charge on any atom is 0.255 e. The summed E-state index contributed by atoms with van der Waals surface area (Å²) in [7, 11) is -3.71. The van der Waals surface area contributed by atoms with Gasteiger partial charge in [0.25, 0.3) is 5.91 Å². The zero-order valence-electron chi connectivity index (χ0n) is 17.3. The Morgan fingerprint density at radius 1 is 1.06 bits per heavy atom. The topological polar surface area (TPSA) is 96.0 Å². The Morgan fingerprint density at radius 2 is 1.71 bits per heavy atom. The number of piperazine rings is 1. The molecule has 2 amide bonds. The van der Waals surface area contributed by atoms with Gasteiger partial charge in [-0.05, 0) is 43.3 Å². The van der Waals surface area contributed by atoms with Crippen molar-refractivity contribution < 1.29 is 22.7 Å². The first kappa shape index (κ1) is 23.1. The maximum atomic E-state index is 12.9. The molecular weight excluding hydrogens is 442 g/mol. The molecule has 0 unspecified atom stereocenters.